The maximum absolute atomic E-state index is 12.1. The van der Waals surface area contributed by atoms with E-state index in [4.69, 9.17) is 9.63 Å². The first-order valence-corrected chi connectivity index (χ1v) is 10.4. The summed E-state index contributed by atoms with van der Waals surface area (Å²) >= 11 is 3.08. The molecule has 2 rings (SSSR count). The first-order chi connectivity index (χ1) is 12.5. The lowest BCUT2D eigenvalue weighted by molar-refractivity contribution is -0.136. The number of nitrogens with zero attached hydrogens (tertiary/aromatic N) is 1. The molecule has 140 valence electrons. The molecule has 6 nitrogen and oxygen atoms in total. The van der Waals surface area contributed by atoms with Gasteiger partial charge in [-0.15, -0.1) is 11.8 Å². The molecule has 1 amide bonds. The normalized spacial score (nSPS) is 10.7. The zero-order valence-corrected chi connectivity index (χ0v) is 16.4. The number of nitrogens with one attached hydrogen (secondary N) is 1. The Bertz CT molecular complexity index is 742. The van der Waals surface area contributed by atoms with Crippen LogP contribution in [-0.2, 0) is 21.1 Å². The maximum Gasteiger partial charge on any atom is 0.304 e. The van der Waals surface area contributed by atoms with E-state index in [0.717, 1.165) is 34.0 Å². The molecule has 0 saturated heterocycles. The number of carbonyl (C=O) groups excluding carboxylic acids is 1. The van der Waals surface area contributed by atoms with Crippen molar-refractivity contribution in [3.05, 3.63) is 46.8 Å². The number of aliphatic carboxylic acids is 1. The van der Waals surface area contributed by atoms with Crippen molar-refractivity contribution in [1.29, 1.82) is 0 Å². The Morgan fingerprint density at radius 2 is 2.04 bits per heavy atom. The lowest BCUT2D eigenvalue weighted by Crippen LogP contribution is -2.14. The van der Waals surface area contributed by atoms with Crippen molar-refractivity contribution in [2.45, 2.75) is 31.8 Å². The van der Waals surface area contributed by atoms with E-state index in [1.807, 2.05) is 38.1 Å². The van der Waals surface area contributed by atoms with E-state index in [1.165, 1.54) is 11.8 Å². The highest BCUT2D eigenvalue weighted by atomic mass is 32.2. The van der Waals surface area contributed by atoms with Gasteiger partial charge in [0, 0.05) is 28.5 Å². The minimum absolute atomic E-state index is 0.0579. The summed E-state index contributed by atoms with van der Waals surface area (Å²) in [6.45, 7) is 3.77. The zero-order valence-electron chi connectivity index (χ0n) is 14.8. The van der Waals surface area contributed by atoms with Gasteiger partial charge in [-0.1, -0.05) is 17.3 Å². The molecule has 0 atom stereocenters. The molecule has 0 saturated carbocycles. The first-order valence-electron chi connectivity index (χ1n) is 8.13. The van der Waals surface area contributed by atoms with Gasteiger partial charge in [0.05, 0.1) is 17.9 Å². The van der Waals surface area contributed by atoms with Gasteiger partial charge in [0.25, 0.3) is 0 Å². The van der Waals surface area contributed by atoms with E-state index >= 15 is 0 Å². The fourth-order valence-electron chi connectivity index (χ4n) is 2.24. The molecule has 1 aromatic heterocycles. The molecule has 0 fully saturated rings. The number of aromatic nitrogens is 1. The number of amides is 1. The summed E-state index contributed by atoms with van der Waals surface area (Å²) in [6, 6.07) is 7.63. The highest BCUT2D eigenvalue weighted by Crippen LogP contribution is 2.20. The predicted molar refractivity (Wildman–Crippen MR) is 106 cm³/mol. The molecule has 8 heteroatoms. The van der Waals surface area contributed by atoms with Gasteiger partial charge < -0.3 is 14.9 Å². The number of carbonyl (C=O) groups is 2. The van der Waals surface area contributed by atoms with Crippen molar-refractivity contribution >= 4 is 41.1 Å². The SMILES string of the molecule is Cc1noc(C)c1CSCC(=O)Nc1cccc(CSCCC(=O)O)c1. The van der Waals surface area contributed by atoms with Crippen LogP contribution in [0.1, 0.15) is 29.0 Å². The van der Waals surface area contributed by atoms with Crippen LogP contribution in [-0.4, -0.2) is 33.6 Å². The van der Waals surface area contributed by atoms with Crippen molar-refractivity contribution in [1.82, 2.24) is 5.16 Å². The average Bonchev–Trinajstić information content (AvgIpc) is 2.91. The van der Waals surface area contributed by atoms with Crippen molar-refractivity contribution in [3.8, 4) is 0 Å². The highest BCUT2D eigenvalue weighted by Gasteiger charge is 2.10. The van der Waals surface area contributed by atoms with Crippen molar-refractivity contribution < 1.29 is 19.2 Å². The molecule has 2 N–H and O–H groups in total. The molecule has 2 aromatic rings. The molecule has 0 radical (unpaired) electrons. The molecule has 0 aliphatic heterocycles. The standard InChI is InChI=1S/C18H22N2O4S2/c1-12-16(13(2)24-20-12)10-26-11-17(21)19-15-5-3-4-14(8-15)9-25-7-6-18(22)23/h3-5,8H,6-7,9-11H2,1-2H3,(H,19,21)(H,22,23). The average molecular weight is 395 g/mol. The molecule has 0 bridgehead atoms. The van der Waals surface area contributed by atoms with Crippen LogP contribution < -0.4 is 5.32 Å². The van der Waals surface area contributed by atoms with Gasteiger partial charge in [0.15, 0.2) is 0 Å². The Hall–Kier alpha value is -1.93. The molecule has 0 aliphatic rings. The van der Waals surface area contributed by atoms with Gasteiger partial charge in [0.1, 0.15) is 5.76 Å². The fourth-order valence-corrected chi connectivity index (χ4v) is 4.09. The number of aryl methyl sites for hydroxylation is 2. The Kier molecular flexibility index (Phi) is 8.06. The third-order valence-electron chi connectivity index (χ3n) is 3.60. The second kappa shape index (κ2) is 10.3. The molecule has 0 unspecified atom stereocenters. The number of hydrogen-bond acceptors (Lipinski definition) is 6. The van der Waals surface area contributed by atoms with Crippen LogP contribution in [0.3, 0.4) is 0 Å². The predicted octanol–water partition coefficient (Wildman–Crippen LogP) is 3.87. The summed E-state index contributed by atoms with van der Waals surface area (Å²) < 4.78 is 5.12. The monoisotopic (exact) mass is 394 g/mol. The van der Waals surface area contributed by atoms with Crippen molar-refractivity contribution in [2.24, 2.45) is 0 Å². The largest absolute Gasteiger partial charge is 0.481 e. The summed E-state index contributed by atoms with van der Waals surface area (Å²) in [6.07, 6.45) is 0.156. The Morgan fingerprint density at radius 1 is 1.23 bits per heavy atom. The van der Waals surface area contributed by atoms with Gasteiger partial charge in [-0.05, 0) is 31.5 Å². The van der Waals surface area contributed by atoms with Gasteiger partial charge in [0.2, 0.25) is 5.91 Å². The summed E-state index contributed by atoms with van der Waals surface area (Å²) in [5.74, 6) is 2.28. The zero-order chi connectivity index (χ0) is 18.9. The van der Waals surface area contributed by atoms with Crippen LogP contribution >= 0.6 is 23.5 Å². The van der Waals surface area contributed by atoms with Gasteiger partial charge in [-0.3, -0.25) is 9.59 Å². The van der Waals surface area contributed by atoms with E-state index in [-0.39, 0.29) is 12.3 Å². The highest BCUT2D eigenvalue weighted by molar-refractivity contribution is 7.99. The summed E-state index contributed by atoms with van der Waals surface area (Å²) in [7, 11) is 0. The second-order valence-electron chi connectivity index (χ2n) is 5.74. The van der Waals surface area contributed by atoms with Crippen molar-refractivity contribution in [2.75, 3.05) is 16.8 Å². The number of thioether (sulfide) groups is 2. The Morgan fingerprint density at radius 3 is 2.73 bits per heavy atom. The summed E-state index contributed by atoms with van der Waals surface area (Å²) in [5.41, 5.74) is 3.72. The number of rotatable bonds is 10. The Labute approximate surface area is 161 Å². The molecule has 1 aromatic carbocycles. The minimum Gasteiger partial charge on any atom is -0.481 e. The van der Waals surface area contributed by atoms with E-state index in [2.05, 4.69) is 10.5 Å². The molecule has 1 heterocycles. The van der Waals surface area contributed by atoms with Gasteiger partial charge in [-0.25, -0.2) is 0 Å². The fraction of sp³-hybridized carbons (Fsp3) is 0.389. The Balaban J connectivity index is 1.76. The number of carboxylic acid groups (broad SMARTS) is 1. The van der Waals surface area contributed by atoms with E-state index < -0.39 is 5.97 Å². The van der Waals surface area contributed by atoms with Gasteiger partial charge >= 0.3 is 5.97 Å². The quantitative estimate of drug-likeness (QED) is 0.591. The maximum atomic E-state index is 12.1. The molecule has 0 spiro atoms. The molecule has 0 aliphatic carbocycles. The van der Waals surface area contributed by atoms with Crippen molar-refractivity contribution in [3.63, 3.8) is 0 Å². The molecular formula is C18H22N2O4S2. The van der Waals surface area contributed by atoms with Gasteiger partial charge in [-0.2, -0.15) is 11.8 Å². The topological polar surface area (TPSA) is 92.4 Å². The van der Waals surface area contributed by atoms with E-state index in [1.54, 1.807) is 11.8 Å². The summed E-state index contributed by atoms with van der Waals surface area (Å²) in [4.78, 5) is 22.6. The number of benzene rings is 1. The van der Waals surface area contributed by atoms with Crippen LogP contribution in [0.5, 0.6) is 0 Å². The number of anilines is 1. The second-order valence-corrected chi connectivity index (χ2v) is 7.83. The summed E-state index contributed by atoms with van der Waals surface area (Å²) in [5, 5.41) is 15.5. The third-order valence-corrected chi connectivity index (χ3v) is 5.59. The van der Waals surface area contributed by atoms with E-state index in [0.29, 0.717) is 17.3 Å². The van der Waals surface area contributed by atoms with Crippen LogP contribution in [0, 0.1) is 13.8 Å². The molecular weight excluding hydrogens is 372 g/mol. The smallest absolute Gasteiger partial charge is 0.304 e. The lowest BCUT2D eigenvalue weighted by Gasteiger charge is -2.07. The number of carboxylic acids is 1. The van der Waals surface area contributed by atoms with Crippen LogP contribution in [0.25, 0.3) is 0 Å². The molecule has 26 heavy (non-hydrogen) atoms. The lowest BCUT2D eigenvalue weighted by atomic mass is 10.2. The number of hydrogen-bond donors (Lipinski definition) is 2. The van der Waals surface area contributed by atoms with E-state index in [9.17, 15) is 9.59 Å². The minimum atomic E-state index is -0.785. The van der Waals surface area contributed by atoms with Crippen LogP contribution in [0.15, 0.2) is 28.8 Å². The van der Waals surface area contributed by atoms with Crippen LogP contribution in [0.2, 0.25) is 0 Å². The third kappa shape index (κ3) is 6.76. The van der Waals surface area contributed by atoms with Crippen LogP contribution in [0.4, 0.5) is 5.69 Å². The first kappa shape index (κ1) is 20.4.